The summed E-state index contributed by atoms with van der Waals surface area (Å²) in [5.41, 5.74) is 1.14. The van der Waals surface area contributed by atoms with Gasteiger partial charge in [0.25, 0.3) is 16.8 Å². The van der Waals surface area contributed by atoms with Crippen LogP contribution in [0.2, 0.25) is 10.0 Å². The molecule has 2 heterocycles. The summed E-state index contributed by atoms with van der Waals surface area (Å²) >= 11 is 12.6. The summed E-state index contributed by atoms with van der Waals surface area (Å²) in [4.78, 5) is 51.4. The Bertz CT molecular complexity index is 1250. The van der Waals surface area contributed by atoms with Gasteiger partial charge in [0.05, 0.1) is 34.4 Å². The van der Waals surface area contributed by atoms with Crippen LogP contribution in [0.3, 0.4) is 0 Å². The Morgan fingerprint density at radius 3 is 2.60 bits per heavy atom. The number of ether oxygens (including phenoxy) is 1. The smallest absolute Gasteiger partial charge is 0.294 e. The molecule has 0 radical (unpaired) electrons. The minimum atomic E-state index is -0.703. The van der Waals surface area contributed by atoms with Crippen molar-refractivity contribution in [3.63, 3.8) is 0 Å². The van der Waals surface area contributed by atoms with Crippen molar-refractivity contribution < 1.29 is 24.0 Å². The van der Waals surface area contributed by atoms with Crippen molar-refractivity contribution >= 4 is 75.2 Å². The van der Waals surface area contributed by atoms with Gasteiger partial charge >= 0.3 is 0 Å². The second-order valence-corrected chi connectivity index (χ2v) is 9.32. The van der Waals surface area contributed by atoms with Crippen LogP contribution in [-0.4, -0.2) is 59.7 Å². The highest BCUT2D eigenvalue weighted by atomic mass is 35.5. The molecule has 35 heavy (non-hydrogen) atoms. The number of imide groups is 1. The van der Waals surface area contributed by atoms with E-state index in [1.165, 1.54) is 12.1 Å². The Morgan fingerprint density at radius 2 is 1.89 bits per heavy atom. The lowest BCUT2D eigenvalue weighted by molar-refractivity contribution is -0.384. The number of nitro benzene ring substituents is 1. The lowest BCUT2D eigenvalue weighted by Gasteiger charge is -2.30. The number of nitrogens with one attached hydrogen (secondary N) is 1. The van der Waals surface area contributed by atoms with Gasteiger partial charge in [0.1, 0.15) is 11.6 Å². The minimum absolute atomic E-state index is 0.0185. The number of carbonyl (C=O) groups excluding carboxylic acids is 3. The average Bonchev–Trinajstić information content (AvgIpc) is 3.08. The van der Waals surface area contributed by atoms with Gasteiger partial charge in [-0.1, -0.05) is 35.3 Å². The first-order valence-corrected chi connectivity index (χ1v) is 11.9. The predicted octanol–water partition coefficient (Wildman–Crippen LogP) is 4.41. The molecule has 0 aliphatic carbocycles. The van der Waals surface area contributed by atoms with Crippen LogP contribution in [0.5, 0.6) is 0 Å². The summed E-state index contributed by atoms with van der Waals surface area (Å²) in [6.45, 7) is 2.00. The van der Waals surface area contributed by atoms with E-state index in [2.05, 4.69) is 10.2 Å². The maximum absolute atomic E-state index is 12.8. The van der Waals surface area contributed by atoms with Crippen molar-refractivity contribution in [2.45, 2.75) is 0 Å². The van der Waals surface area contributed by atoms with Crippen LogP contribution in [0.25, 0.3) is 6.08 Å². The van der Waals surface area contributed by atoms with E-state index in [-0.39, 0.29) is 26.2 Å². The van der Waals surface area contributed by atoms with Crippen LogP contribution in [0.4, 0.5) is 21.9 Å². The Balaban J connectivity index is 1.49. The quantitative estimate of drug-likeness (QED) is 0.327. The van der Waals surface area contributed by atoms with Crippen molar-refractivity contribution in [3.05, 3.63) is 67.0 Å². The zero-order chi connectivity index (χ0) is 25.1. The molecule has 0 bridgehead atoms. The zero-order valence-electron chi connectivity index (χ0n) is 18.0. The van der Waals surface area contributed by atoms with Gasteiger partial charge in [0, 0.05) is 29.7 Å². The molecule has 2 fully saturated rings. The number of benzene rings is 2. The molecular formula is C22H18Cl2N4O6S. The van der Waals surface area contributed by atoms with Crippen molar-refractivity contribution in [2.24, 2.45) is 0 Å². The molecule has 0 aromatic heterocycles. The van der Waals surface area contributed by atoms with E-state index in [1.807, 2.05) is 12.1 Å². The number of amides is 3. The topological polar surface area (TPSA) is 122 Å². The molecule has 0 unspecified atom stereocenters. The standard InChI is InChI=1S/C22H18Cl2N4O6S/c23-14-11-15(24)18(28(32)33)9-13(14)10-19-21(30)27(22(31)35-19)12-20(29)25-16-3-1-2-4-17(16)26-5-7-34-8-6-26/h1-4,9-11H,5-8,12H2,(H,25,29)/b19-10-. The van der Waals surface area contributed by atoms with Crippen LogP contribution >= 0.6 is 35.0 Å². The van der Waals surface area contributed by atoms with Gasteiger partial charge in [-0.05, 0) is 36.0 Å². The van der Waals surface area contributed by atoms with Gasteiger partial charge in [-0.2, -0.15) is 0 Å². The van der Waals surface area contributed by atoms with Crippen molar-refractivity contribution in [1.29, 1.82) is 0 Å². The van der Waals surface area contributed by atoms with Crippen LogP contribution in [0.1, 0.15) is 5.56 Å². The molecule has 182 valence electrons. The van der Waals surface area contributed by atoms with E-state index in [1.54, 1.807) is 12.1 Å². The number of rotatable bonds is 6. The Morgan fingerprint density at radius 1 is 1.17 bits per heavy atom. The number of nitro groups is 1. The van der Waals surface area contributed by atoms with E-state index in [4.69, 9.17) is 27.9 Å². The second kappa shape index (κ2) is 10.6. The second-order valence-electron chi connectivity index (χ2n) is 7.51. The van der Waals surface area contributed by atoms with E-state index >= 15 is 0 Å². The molecule has 1 N–H and O–H groups in total. The maximum atomic E-state index is 12.8. The van der Waals surface area contributed by atoms with E-state index < -0.39 is 28.5 Å². The summed E-state index contributed by atoms with van der Waals surface area (Å²) in [5.74, 6) is -1.25. The SMILES string of the molecule is O=C(CN1C(=O)S/C(=C\c2cc([N+](=O)[O-])c(Cl)cc2Cl)C1=O)Nc1ccccc1N1CCOCC1. The summed E-state index contributed by atoms with van der Waals surface area (Å²) < 4.78 is 5.37. The molecule has 2 aliphatic rings. The van der Waals surface area contributed by atoms with Gasteiger partial charge in [-0.25, -0.2) is 0 Å². The summed E-state index contributed by atoms with van der Waals surface area (Å²) in [7, 11) is 0. The van der Waals surface area contributed by atoms with E-state index in [0.717, 1.165) is 16.7 Å². The molecule has 2 saturated heterocycles. The Labute approximate surface area is 213 Å². The van der Waals surface area contributed by atoms with Crippen LogP contribution < -0.4 is 10.2 Å². The summed E-state index contributed by atoms with van der Waals surface area (Å²) in [6, 6.07) is 9.56. The monoisotopic (exact) mass is 536 g/mol. The third-order valence-electron chi connectivity index (χ3n) is 5.25. The van der Waals surface area contributed by atoms with Gasteiger partial charge in [-0.15, -0.1) is 0 Å². The highest BCUT2D eigenvalue weighted by Crippen LogP contribution is 2.36. The fourth-order valence-electron chi connectivity index (χ4n) is 3.57. The zero-order valence-corrected chi connectivity index (χ0v) is 20.4. The van der Waals surface area contributed by atoms with E-state index in [9.17, 15) is 24.5 Å². The Hall–Kier alpha value is -3.12. The number of anilines is 2. The van der Waals surface area contributed by atoms with Gasteiger partial charge in [0.15, 0.2) is 0 Å². The number of hydrogen-bond donors (Lipinski definition) is 1. The van der Waals surface area contributed by atoms with Crippen molar-refractivity contribution in [3.8, 4) is 0 Å². The lowest BCUT2D eigenvalue weighted by Crippen LogP contribution is -2.38. The summed E-state index contributed by atoms with van der Waals surface area (Å²) in [5, 5.41) is 13.2. The number of halogens is 2. The molecule has 4 rings (SSSR count). The first kappa shape index (κ1) is 25.0. The number of nitrogens with zero attached hydrogens (tertiary/aromatic N) is 3. The molecule has 0 spiro atoms. The molecule has 2 aromatic carbocycles. The third kappa shape index (κ3) is 5.59. The molecular weight excluding hydrogens is 519 g/mol. The van der Waals surface area contributed by atoms with Gasteiger partial charge in [-0.3, -0.25) is 29.4 Å². The number of carbonyl (C=O) groups is 3. The number of para-hydroxylation sites is 2. The molecule has 2 aliphatic heterocycles. The number of morpholine rings is 1. The summed E-state index contributed by atoms with van der Waals surface area (Å²) in [6.07, 6.45) is 1.27. The first-order chi connectivity index (χ1) is 16.7. The molecule has 10 nitrogen and oxygen atoms in total. The fourth-order valence-corrected chi connectivity index (χ4v) is 4.91. The maximum Gasteiger partial charge on any atom is 0.294 e. The fraction of sp³-hybridized carbons (Fsp3) is 0.227. The number of hydrogen-bond acceptors (Lipinski definition) is 8. The van der Waals surface area contributed by atoms with Crippen molar-refractivity contribution in [2.75, 3.05) is 43.1 Å². The Kier molecular flexibility index (Phi) is 7.60. The lowest BCUT2D eigenvalue weighted by atomic mass is 10.2. The highest BCUT2D eigenvalue weighted by Gasteiger charge is 2.36. The van der Waals surface area contributed by atoms with Gasteiger partial charge < -0.3 is 15.0 Å². The molecule has 3 amide bonds. The van der Waals surface area contributed by atoms with Crippen LogP contribution in [-0.2, 0) is 14.3 Å². The first-order valence-electron chi connectivity index (χ1n) is 10.3. The molecule has 0 atom stereocenters. The van der Waals surface area contributed by atoms with Crippen molar-refractivity contribution in [1.82, 2.24) is 4.90 Å². The largest absolute Gasteiger partial charge is 0.378 e. The van der Waals surface area contributed by atoms with Crippen LogP contribution in [0.15, 0.2) is 41.3 Å². The predicted molar refractivity (Wildman–Crippen MR) is 134 cm³/mol. The highest BCUT2D eigenvalue weighted by molar-refractivity contribution is 8.18. The number of thioether (sulfide) groups is 1. The van der Waals surface area contributed by atoms with Gasteiger partial charge in [0.2, 0.25) is 5.91 Å². The molecule has 2 aromatic rings. The molecule has 0 saturated carbocycles. The van der Waals surface area contributed by atoms with E-state index in [0.29, 0.717) is 43.8 Å². The molecule has 13 heteroatoms. The van der Waals surface area contributed by atoms with Crippen LogP contribution in [0, 0.1) is 10.1 Å². The normalized spacial score (nSPS) is 17.3. The minimum Gasteiger partial charge on any atom is -0.378 e. The third-order valence-corrected chi connectivity index (χ3v) is 6.79. The average molecular weight is 537 g/mol.